The first-order valence-corrected chi connectivity index (χ1v) is 8.13. The number of aromatic nitrogens is 2. The first-order valence-electron chi connectivity index (χ1n) is 7.18. The van der Waals surface area contributed by atoms with E-state index < -0.39 is 5.97 Å². The maximum absolute atomic E-state index is 10.6. The molecule has 4 rings (SSSR count). The fourth-order valence-electron chi connectivity index (χ4n) is 2.08. The maximum Gasteiger partial charge on any atom is 0.354 e. The summed E-state index contributed by atoms with van der Waals surface area (Å²) in [5.41, 5.74) is 2.87. The number of thiophene rings is 1. The van der Waals surface area contributed by atoms with Crippen LogP contribution in [0.1, 0.15) is 10.5 Å². The zero-order valence-corrected chi connectivity index (χ0v) is 16.1. The summed E-state index contributed by atoms with van der Waals surface area (Å²) in [5, 5.41) is 13.6. The van der Waals surface area contributed by atoms with Gasteiger partial charge in [0.05, 0.1) is 5.52 Å². The Morgan fingerprint density at radius 3 is 2.52 bits per heavy atom. The molecule has 0 saturated heterocycles. The van der Waals surface area contributed by atoms with Gasteiger partial charge in [0, 0.05) is 31.7 Å². The van der Waals surface area contributed by atoms with Gasteiger partial charge in [0.15, 0.2) is 0 Å². The van der Waals surface area contributed by atoms with Crippen LogP contribution in [0.25, 0.3) is 22.2 Å². The fourth-order valence-corrected chi connectivity index (χ4v) is 2.66. The van der Waals surface area contributed by atoms with Gasteiger partial charge in [0.1, 0.15) is 5.69 Å². The van der Waals surface area contributed by atoms with Crippen LogP contribution >= 0.6 is 11.3 Å². The van der Waals surface area contributed by atoms with E-state index in [0.29, 0.717) is 5.52 Å². The van der Waals surface area contributed by atoms with Crippen LogP contribution in [0.15, 0.2) is 71.6 Å². The summed E-state index contributed by atoms with van der Waals surface area (Å²) in [6.45, 7) is 0. The number of hydrogen-bond donors (Lipinski definition) is 1. The SMILES string of the molecule is O=C(O)c1ccc2ccccc2n1.[Ir].[c-]1cscc1-c1ccccn1. The minimum absolute atomic E-state index is 0. The van der Waals surface area contributed by atoms with Crippen molar-refractivity contribution in [3.63, 3.8) is 0 Å². The van der Waals surface area contributed by atoms with Crippen molar-refractivity contribution in [2.24, 2.45) is 0 Å². The van der Waals surface area contributed by atoms with Gasteiger partial charge in [-0.1, -0.05) is 41.8 Å². The summed E-state index contributed by atoms with van der Waals surface area (Å²) < 4.78 is 0. The van der Waals surface area contributed by atoms with Crippen molar-refractivity contribution in [2.45, 2.75) is 0 Å². The molecule has 25 heavy (non-hydrogen) atoms. The average Bonchev–Trinajstić information content (AvgIpc) is 3.17. The van der Waals surface area contributed by atoms with Crippen molar-refractivity contribution < 1.29 is 30.0 Å². The Labute approximate surface area is 162 Å². The van der Waals surface area contributed by atoms with Gasteiger partial charge in [-0.05, 0) is 23.9 Å². The van der Waals surface area contributed by atoms with Crippen LogP contribution in [0.2, 0.25) is 0 Å². The van der Waals surface area contributed by atoms with Gasteiger partial charge in [-0.3, -0.25) is 0 Å². The first kappa shape index (κ1) is 18.9. The molecule has 0 bridgehead atoms. The molecule has 0 amide bonds. The zero-order chi connectivity index (χ0) is 16.8. The first-order chi connectivity index (χ1) is 11.7. The summed E-state index contributed by atoms with van der Waals surface area (Å²) >= 11 is 1.64. The molecular formula is C19H13IrN2O2S-. The van der Waals surface area contributed by atoms with Gasteiger partial charge in [-0.25, -0.2) is 21.1 Å². The van der Waals surface area contributed by atoms with Gasteiger partial charge >= 0.3 is 5.97 Å². The topological polar surface area (TPSA) is 63.1 Å². The summed E-state index contributed by atoms with van der Waals surface area (Å²) in [4.78, 5) is 18.8. The molecule has 0 unspecified atom stereocenters. The van der Waals surface area contributed by atoms with E-state index >= 15 is 0 Å². The molecule has 6 heteroatoms. The number of benzene rings is 1. The number of carboxylic acid groups (broad SMARTS) is 1. The summed E-state index contributed by atoms with van der Waals surface area (Å²) in [6.07, 6.45) is 1.79. The molecule has 0 saturated carbocycles. The third-order valence-electron chi connectivity index (χ3n) is 3.23. The van der Waals surface area contributed by atoms with Crippen molar-refractivity contribution in [1.82, 2.24) is 9.97 Å². The molecular weight excluding hydrogens is 513 g/mol. The molecule has 1 aromatic carbocycles. The van der Waals surface area contributed by atoms with E-state index in [0.717, 1.165) is 16.6 Å². The second kappa shape index (κ2) is 9.18. The van der Waals surface area contributed by atoms with Gasteiger partial charge in [-0.2, -0.15) is 11.6 Å². The van der Waals surface area contributed by atoms with Crippen LogP contribution in [-0.4, -0.2) is 21.0 Å². The second-order valence-electron chi connectivity index (χ2n) is 4.84. The predicted molar refractivity (Wildman–Crippen MR) is 95.1 cm³/mol. The van der Waals surface area contributed by atoms with Crippen LogP contribution in [0.4, 0.5) is 0 Å². The number of rotatable bonds is 2. The van der Waals surface area contributed by atoms with E-state index in [9.17, 15) is 4.79 Å². The van der Waals surface area contributed by atoms with Crippen LogP contribution in [0, 0.1) is 6.07 Å². The number of para-hydroxylation sites is 1. The van der Waals surface area contributed by atoms with Crippen molar-refractivity contribution in [2.75, 3.05) is 0 Å². The Bertz CT molecular complexity index is 944. The minimum atomic E-state index is -0.995. The van der Waals surface area contributed by atoms with Gasteiger partial charge < -0.3 is 10.1 Å². The normalized spacial score (nSPS) is 9.60. The molecule has 3 heterocycles. The number of nitrogens with zero attached hydrogens (tertiary/aromatic N) is 2. The van der Waals surface area contributed by atoms with Gasteiger partial charge in [0.25, 0.3) is 0 Å². The van der Waals surface area contributed by atoms with E-state index in [4.69, 9.17) is 5.11 Å². The molecule has 0 aliphatic rings. The minimum Gasteiger partial charge on any atom is -0.477 e. The van der Waals surface area contributed by atoms with Crippen molar-refractivity contribution >= 4 is 28.2 Å². The third-order valence-corrected chi connectivity index (χ3v) is 3.85. The fraction of sp³-hybridized carbons (Fsp3) is 0. The number of hydrogen-bond acceptors (Lipinski definition) is 4. The Kier molecular flexibility index (Phi) is 6.95. The molecule has 0 aliphatic heterocycles. The van der Waals surface area contributed by atoms with Gasteiger partial charge in [-0.15, -0.1) is 5.38 Å². The molecule has 0 aliphatic carbocycles. The Balaban J connectivity index is 0.000000175. The second-order valence-corrected chi connectivity index (χ2v) is 5.58. The van der Waals surface area contributed by atoms with Crippen molar-refractivity contribution in [1.29, 1.82) is 0 Å². The third kappa shape index (κ3) is 5.03. The van der Waals surface area contributed by atoms with Crippen LogP contribution in [0.3, 0.4) is 0 Å². The number of pyridine rings is 2. The number of carboxylic acids is 1. The van der Waals surface area contributed by atoms with Crippen LogP contribution < -0.4 is 0 Å². The smallest absolute Gasteiger partial charge is 0.354 e. The van der Waals surface area contributed by atoms with Gasteiger partial charge in [0.2, 0.25) is 0 Å². The van der Waals surface area contributed by atoms with E-state index in [1.807, 2.05) is 47.2 Å². The molecule has 127 valence electrons. The molecule has 0 spiro atoms. The summed E-state index contributed by atoms with van der Waals surface area (Å²) in [5.74, 6) is -0.995. The average molecular weight is 526 g/mol. The summed E-state index contributed by atoms with van der Waals surface area (Å²) in [6, 6.07) is 19.7. The van der Waals surface area contributed by atoms with Crippen LogP contribution in [0.5, 0.6) is 0 Å². The van der Waals surface area contributed by atoms with E-state index in [1.165, 1.54) is 6.07 Å². The molecule has 1 radical (unpaired) electrons. The monoisotopic (exact) mass is 526 g/mol. The Morgan fingerprint density at radius 1 is 1.04 bits per heavy atom. The standard InChI is InChI=1S/C10H7NO2.C9H6NS.Ir/c12-10(13)9-6-5-7-3-1-2-4-8(7)11-9;1-2-5-10-9(3-1)8-4-6-11-7-8;/h1-6H,(H,12,13);1-3,5-7H;/q;-1;. The molecule has 4 aromatic rings. The van der Waals surface area contributed by atoms with E-state index in [1.54, 1.807) is 29.7 Å². The molecule has 4 nitrogen and oxygen atoms in total. The van der Waals surface area contributed by atoms with Crippen molar-refractivity contribution in [3.05, 3.63) is 83.3 Å². The Morgan fingerprint density at radius 2 is 1.84 bits per heavy atom. The molecule has 3 aromatic heterocycles. The molecule has 0 atom stereocenters. The van der Waals surface area contributed by atoms with E-state index in [-0.39, 0.29) is 25.8 Å². The maximum atomic E-state index is 10.6. The van der Waals surface area contributed by atoms with E-state index in [2.05, 4.69) is 16.0 Å². The number of fused-ring (bicyclic) bond motifs is 1. The molecule has 1 N–H and O–H groups in total. The molecule has 0 fully saturated rings. The predicted octanol–water partition coefficient (Wildman–Crippen LogP) is 4.54. The quantitative estimate of drug-likeness (QED) is 0.391. The zero-order valence-electron chi connectivity index (χ0n) is 12.9. The number of carbonyl (C=O) groups is 1. The number of aromatic carboxylic acids is 1. The van der Waals surface area contributed by atoms with Crippen LogP contribution in [-0.2, 0) is 20.1 Å². The largest absolute Gasteiger partial charge is 0.477 e. The summed E-state index contributed by atoms with van der Waals surface area (Å²) in [7, 11) is 0. The Hall–Kier alpha value is -2.40. The van der Waals surface area contributed by atoms with Crippen molar-refractivity contribution in [3.8, 4) is 11.3 Å².